The van der Waals surface area contributed by atoms with E-state index in [-0.39, 0.29) is 18.8 Å². The molecule has 0 amide bonds. The summed E-state index contributed by atoms with van der Waals surface area (Å²) in [7, 11) is 0. The molecule has 1 rings (SSSR count). The number of rotatable bonds is 4. The number of carbonyl (C=O) groups is 2. The summed E-state index contributed by atoms with van der Waals surface area (Å²) >= 11 is 0. The summed E-state index contributed by atoms with van der Waals surface area (Å²) in [5.74, 6) is -4.03. The van der Waals surface area contributed by atoms with Gasteiger partial charge < -0.3 is 9.84 Å². The highest BCUT2D eigenvalue weighted by Crippen LogP contribution is 2.45. The van der Waals surface area contributed by atoms with Gasteiger partial charge in [0.1, 0.15) is 5.60 Å². The van der Waals surface area contributed by atoms with Crippen LogP contribution in [0.2, 0.25) is 0 Å². The number of carboxylic acids is 1. The molecule has 1 aliphatic rings. The second-order valence-electron chi connectivity index (χ2n) is 6.00. The van der Waals surface area contributed by atoms with Crippen LogP contribution in [-0.2, 0) is 14.3 Å². The van der Waals surface area contributed by atoms with E-state index in [4.69, 9.17) is 9.84 Å². The topological polar surface area (TPSA) is 63.6 Å². The van der Waals surface area contributed by atoms with Crippen molar-refractivity contribution in [3.05, 3.63) is 12.2 Å². The third-order valence-electron chi connectivity index (χ3n) is 4.18. The Bertz CT molecular complexity index is 443. The van der Waals surface area contributed by atoms with Gasteiger partial charge >= 0.3 is 18.1 Å². The van der Waals surface area contributed by atoms with E-state index < -0.39 is 29.6 Å². The van der Waals surface area contributed by atoms with Crippen LogP contribution in [0.3, 0.4) is 0 Å². The van der Waals surface area contributed by atoms with Crippen molar-refractivity contribution >= 4 is 11.9 Å². The molecule has 0 bridgehead atoms. The number of halogens is 3. The first-order valence-electron chi connectivity index (χ1n) is 7.27. The fraction of sp³-hybridized carbons (Fsp3) is 0.733. The van der Waals surface area contributed by atoms with Gasteiger partial charge in [-0.3, -0.25) is 0 Å². The van der Waals surface area contributed by atoms with Crippen LogP contribution in [0.25, 0.3) is 0 Å². The standard InChI is InChI=1S/C15H21F3O4/c1-10(2)14(22-13(21)7-6-12(19)20)8-4-3-5-11(9-14)15(16,17)18/h6-7,10-11H,3-5,8-9H2,1-2H3,(H,19,20)/b7-6+. The first-order chi connectivity index (χ1) is 10.1. The van der Waals surface area contributed by atoms with Crippen LogP contribution in [0.4, 0.5) is 13.2 Å². The first kappa shape index (κ1) is 18.5. The zero-order valence-corrected chi connectivity index (χ0v) is 12.7. The lowest BCUT2D eigenvalue weighted by molar-refractivity contribution is -0.200. The molecule has 0 radical (unpaired) electrons. The Labute approximate surface area is 127 Å². The summed E-state index contributed by atoms with van der Waals surface area (Å²) in [5, 5.41) is 8.49. The number of hydrogen-bond acceptors (Lipinski definition) is 3. The zero-order valence-electron chi connectivity index (χ0n) is 12.7. The Hall–Kier alpha value is -1.53. The first-order valence-corrected chi connectivity index (χ1v) is 7.27. The van der Waals surface area contributed by atoms with Crippen molar-refractivity contribution in [1.82, 2.24) is 0 Å². The molecule has 0 heterocycles. The third kappa shape index (κ3) is 5.03. The molecule has 1 aliphatic carbocycles. The van der Waals surface area contributed by atoms with Gasteiger partial charge in [-0.25, -0.2) is 9.59 Å². The van der Waals surface area contributed by atoms with Crippen LogP contribution in [0, 0.1) is 11.8 Å². The number of carboxylic acid groups (broad SMARTS) is 1. The fourth-order valence-corrected chi connectivity index (χ4v) is 2.82. The highest BCUT2D eigenvalue weighted by molar-refractivity contribution is 5.90. The molecule has 7 heteroatoms. The maximum Gasteiger partial charge on any atom is 0.391 e. The molecule has 2 unspecified atom stereocenters. The molecular weight excluding hydrogens is 301 g/mol. The molecule has 1 fully saturated rings. The number of alkyl halides is 3. The molecule has 126 valence electrons. The van der Waals surface area contributed by atoms with Crippen LogP contribution in [0.1, 0.15) is 46.0 Å². The Kier molecular flexibility index (Phi) is 6.02. The van der Waals surface area contributed by atoms with Crippen LogP contribution in [0.5, 0.6) is 0 Å². The van der Waals surface area contributed by atoms with Gasteiger partial charge in [0.2, 0.25) is 0 Å². The van der Waals surface area contributed by atoms with E-state index in [1.807, 2.05) is 0 Å². The van der Waals surface area contributed by atoms with E-state index in [1.165, 1.54) is 0 Å². The van der Waals surface area contributed by atoms with E-state index in [1.54, 1.807) is 13.8 Å². The van der Waals surface area contributed by atoms with Crippen molar-refractivity contribution < 1.29 is 32.6 Å². The monoisotopic (exact) mass is 322 g/mol. The number of aliphatic carboxylic acids is 1. The minimum atomic E-state index is -4.33. The molecule has 0 aromatic rings. The maximum atomic E-state index is 13.1. The van der Waals surface area contributed by atoms with E-state index >= 15 is 0 Å². The molecule has 0 aromatic carbocycles. The van der Waals surface area contributed by atoms with Gasteiger partial charge in [-0.2, -0.15) is 13.2 Å². The van der Waals surface area contributed by atoms with Gasteiger partial charge in [-0.05, 0) is 31.6 Å². The molecule has 4 nitrogen and oxygen atoms in total. The summed E-state index contributed by atoms with van der Waals surface area (Å²) in [6, 6.07) is 0. The van der Waals surface area contributed by atoms with Crippen LogP contribution in [0.15, 0.2) is 12.2 Å². The second-order valence-corrected chi connectivity index (χ2v) is 6.00. The average molecular weight is 322 g/mol. The highest BCUT2D eigenvalue weighted by Gasteiger charge is 2.49. The fourth-order valence-electron chi connectivity index (χ4n) is 2.82. The van der Waals surface area contributed by atoms with Gasteiger partial charge in [-0.1, -0.05) is 20.3 Å². The van der Waals surface area contributed by atoms with Gasteiger partial charge in [-0.15, -0.1) is 0 Å². The van der Waals surface area contributed by atoms with E-state index in [9.17, 15) is 22.8 Å². The lowest BCUT2D eigenvalue weighted by atomic mass is 9.80. The minimum absolute atomic E-state index is 0.0283. The second kappa shape index (κ2) is 7.15. The summed E-state index contributed by atoms with van der Waals surface area (Å²) in [5.41, 5.74) is -1.21. The van der Waals surface area contributed by atoms with Gasteiger partial charge in [0, 0.05) is 12.2 Å². The van der Waals surface area contributed by atoms with Crippen LogP contribution in [-0.4, -0.2) is 28.8 Å². The van der Waals surface area contributed by atoms with E-state index in [0.717, 1.165) is 6.08 Å². The van der Waals surface area contributed by atoms with Crippen molar-refractivity contribution in [2.75, 3.05) is 0 Å². The highest BCUT2D eigenvalue weighted by atomic mass is 19.4. The van der Waals surface area contributed by atoms with Crippen LogP contribution < -0.4 is 0 Å². The van der Waals surface area contributed by atoms with Gasteiger partial charge in [0.05, 0.1) is 5.92 Å². The van der Waals surface area contributed by atoms with Gasteiger partial charge in [0.25, 0.3) is 0 Å². The third-order valence-corrected chi connectivity index (χ3v) is 4.18. The van der Waals surface area contributed by atoms with Crippen LogP contribution >= 0.6 is 0 Å². The normalized spacial score (nSPS) is 26.9. The lowest BCUT2D eigenvalue weighted by Crippen LogP contribution is -2.43. The lowest BCUT2D eigenvalue weighted by Gasteiger charge is -2.38. The average Bonchev–Trinajstić information content (AvgIpc) is 2.59. The Morgan fingerprint density at radius 3 is 2.41 bits per heavy atom. The Morgan fingerprint density at radius 2 is 1.91 bits per heavy atom. The number of carbonyl (C=O) groups excluding carboxylic acids is 1. The molecule has 1 saturated carbocycles. The van der Waals surface area contributed by atoms with E-state index in [2.05, 4.69) is 0 Å². The summed E-state index contributed by atoms with van der Waals surface area (Å²) < 4.78 is 44.6. The summed E-state index contributed by atoms with van der Waals surface area (Å²) in [6.07, 6.45) is -1.89. The largest absolute Gasteiger partial charge is 0.478 e. The number of hydrogen-bond donors (Lipinski definition) is 1. The van der Waals surface area contributed by atoms with Crippen molar-refractivity contribution in [3.63, 3.8) is 0 Å². The number of ether oxygens (including phenoxy) is 1. The predicted molar refractivity (Wildman–Crippen MR) is 73.1 cm³/mol. The van der Waals surface area contributed by atoms with Gasteiger partial charge in [0.15, 0.2) is 0 Å². The van der Waals surface area contributed by atoms with Crippen molar-refractivity contribution in [1.29, 1.82) is 0 Å². The predicted octanol–water partition coefficient (Wildman–Crippen LogP) is 3.71. The number of esters is 1. The Morgan fingerprint density at radius 1 is 1.27 bits per heavy atom. The molecular formula is C15H21F3O4. The summed E-state index contributed by atoms with van der Waals surface area (Å²) in [6.45, 7) is 3.43. The molecule has 2 atom stereocenters. The molecule has 0 spiro atoms. The van der Waals surface area contributed by atoms with E-state index in [0.29, 0.717) is 25.3 Å². The quantitative estimate of drug-likeness (QED) is 0.487. The summed E-state index contributed by atoms with van der Waals surface area (Å²) in [4.78, 5) is 22.1. The molecule has 0 aliphatic heterocycles. The van der Waals surface area contributed by atoms with Crippen molar-refractivity contribution in [2.45, 2.75) is 57.7 Å². The molecule has 22 heavy (non-hydrogen) atoms. The smallest absolute Gasteiger partial charge is 0.391 e. The molecule has 0 saturated heterocycles. The minimum Gasteiger partial charge on any atom is -0.478 e. The molecule has 1 N–H and O–H groups in total. The molecule has 0 aromatic heterocycles. The Balaban J connectivity index is 2.97. The zero-order chi connectivity index (χ0) is 17.0. The SMILES string of the molecule is CC(C)C1(OC(=O)/C=C/C(=O)O)CCCCC(C(F)(F)F)C1. The van der Waals surface area contributed by atoms with Crippen molar-refractivity contribution in [2.24, 2.45) is 11.8 Å². The maximum absolute atomic E-state index is 13.1. The van der Waals surface area contributed by atoms with Crippen molar-refractivity contribution in [3.8, 4) is 0 Å².